The summed E-state index contributed by atoms with van der Waals surface area (Å²) in [6.45, 7) is 10.4. The van der Waals surface area contributed by atoms with Crippen molar-refractivity contribution in [3.05, 3.63) is 23.8 Å². The first-order chi connectivity index (χ1) is 14.4. The Morgan fingerprint density at radius 3 is 2.40 bits per heavy atom. The molecule has 0 aromatic rings. The molecule has 3 aliphatic carbocycles. The SMILES string of the molecule is CC(C)N(CCCC/C=C1\C[C@H]2C[C@@H](O)[C@H](/C=C/[C@@H](O)C3CCCC3)[C@H]2C1)C(C)C. The normalized spacial score (nSPS) is 32.5. The van der Waals surface area contributed by atoms with Gasteiger partial charge in [-0.1, -0.05) is 36.6 Å². The summed E-state index contributed by atoms with van der Waals surface area (Å²) in [7, 11) is 0. The van der Waals surface area contributed by atoms with E-state index in [9.17, 15) is 10.2 Å². The number of allylic oxidation sites excluding steroid dienone is 2. The molecule has 172 valence electrons. The van der Waals surface area contributed by atoms with Crippen molar-refractivity contribution in [2.45, 2.75) is 116 Å². The highest BCUT2D eigenvalue weighted by Gasteiger charge is 2.45. The van der Waals surface area contributed by atoms with E-state index in [-0.39, 0.29) is 18.1 Å². The van der Waals surface area contributed by atoms with Gasteiger partial charge in [0, 0.05) is 18.0 Å². The van der Waals surface area contributed by atoms with Crippen molar-refractivity contribution in [2.24, 2.45) is 23.7 Å². The van der Waals surface area contributed by atoms with Crippen LogP contribution in [0.3, 0.4) is 0 Å². The monoisotopic (exact) mass is 417 g/mol. The lowest BCUT2D eigenvalue weighted by molar-refractivity contribution is 0.135. The van der Waals surface area contributed by atoms with E-state index >= 15 is 0 Å². The third-order valence-corrected chi connectivity index (χ3v) is 8.15. The van der Waals surface area contributed by atoms with Crippen LogP contribution in [0.4, 0.5) is 0 Å². The van der Waals surface area contributed by atoms with E-state index in [0.717, 1.165) is 25.7 Å². The molecule has 0 aromatic carbocycles. The molecule has 3 aliphatic rings. The van der Waals surface area contributed by atoms with Gasteiger partial charge in [0.15, 0.2) is 0 Å². The van der Waals surface area contributed by atoms with Crippen molar-refractivity contribution in [3.63, 3.8) is 0 Å². The summed E-state index contributed by atoms with van der Waals surface area (Å²) in [4.78, 5) is 2.59. The minimum atomic E-state index is -0.314. The molecule has 0 heterocycles. The third kappa shape index (κ3) is 6.20. The summed E-state index contributed by atoms with van der Waals surface area (Å²) in [5.41, 5.74) is 1.62. The average Bonchev–Trinajstić information content (AvgIpc) is 3.39. The van der Waals surface area contributed by atoms with Gasteiger partial charge in [0.05, 0.1) is 12.2 Å². The fraction of sp³-hybridized carbons (Fsp3) is 0.852. The first-order valence-electron chi connectivity index (χ1n) is 12.8. The van der Waals surface area contributed by atoms with Crippen LogP contribution in [0, 0.1) is 23.7 Å². The van der Waals surface area contributed by atoms with Gasteiger partial charge in [0.25, 0.3) is 0 Å². The minimum Gasteiger partial charge on any atom is -0.392 e. The van der Waals surface area contributed by atoms with Gasteiger partial charge in [-0.15, -0.1) is 0 Å². The second-order valence-electron chi connectivity index (χ2n) is 10.9. The molecule has 30 heavy (non-hydrogen) atoms. The molecule has 0 radical (unpaired) electrons. The molecule has 3 rings (SSSR count). The molecule has 0 aliphatic heterocycles. The summed E-state index contributed by atoms with van der Waals surface area (Å²) in [5.74, 6) is 1.90. The van der Waals surface area contributed by atoms with Crippen molar-refractivity contribution < 1.29 is 10.2 Å². The summed E-state index contributed by atoms with van der Waals surface area (Å²) in [6, 6.07) is 1.25. The maximum atomic E-state index is 10.6. The average molecular weight is 418 g/mol. The summed E-state index contributed by atoms with van der Waals surface area (Å²) in [5, 5.41) is 21.1. The molecule has 0 saturated heterocycles. The lowest BCUT2D eigenvalue weighted by atomic mass is 9.89. The molecule has 5 atom stereocenters. The highest BCUT2D eigenvalue weighted by atomic mass is 16.3. The van der Waals surface area contributed by atoms with Gasteiger partial charge in [-0.25, -0.2) is 0 Å². The van der Waals surface area contributed by atoms with E-state index in [0.29, 0.717) is 29.8 Å². The van der Waals surface area contributed by atoms with E-state index in [1.807, 2.05) is 6.08 Å². The van der Waals surface area contributed by atoms with Crippen LogP contribution in [0.2, 0.25) is 0 Å². The van der Waals surface area contributed by atoms with E-state index in [1.165, 1.54) is 45.1 Å². The molecule has 0 unspecified atom stereocenters. The Labute approximate surface area is 185 Å². The van der Waals surface area contributed by atoms with E-state index < -0.39 is 0 Å². The van der Waals surface area contributed by atoms with E-state index in [4.69, 9.17) is 0 Å². The number of unbranched alkanes of at least 4 members (excludes halogenated alkanes) is 2. The highest BCUT2D eigenvalue weighted by Crippen LogP contribution is 2.50. The van der Waals surface area contributed by atoms with Crippen LogP contribution in [-0.4, -0.2) is 45.9 Å². The molecule has 0 aromatic heterocycles. The molecule has 0 spiro atoms. The summed E-state index contributed by atoms with van der Waals surface area (Å²) < 4.78 is 0. The fourth-order valence-corrected chi connectivity index (χ4v) is 6.50. The predicted octanol–water partition coefficient (Wildman–Crippen LogP) is 5.72. The fourth-order valence-electron chi connectivity index (χ4n) is 6.50. The van der Waals surface area contributed by atoms with Crippen molar-refractivity contribution in [1.29, 1.82) is 0 Å². The van der Waals surface area contributed by atoms with Crippen molar-refractivity contribution >= 4 is 0 Å². The summed E-state index contributed by atoms with van der Waals surface area (Å²) >= 11 is 0. The van der Waals surface area contributed by atoms with Crippen LogP contribution < -0.4 is 0 Å². The minimum absolute atomic E-state index is 0.216. The Morgan fingerprint density at radius 1 is 1.03 bits per heavy atom. The second kappa shape index (κ2) is 11.3. The van der Waals surface area contributed by atoms with Crippen molar-refractivity contribution in [3.8, 4) is 0 Å². The van der Waals surface area contributed by atoms with Crippen LogP contribution >= 0.6 is 0 Å². The summed E-state index contributed by atoms with van der Waals surface area (Å²) in [6.07, 6.45) is 18.0. The smallest absolute Gasteiger partial charge is 0.0749 e. The van der Waals surface area contributed by atoms with Gasteiger partial charge in [-0.3, -0.25) is 4.90 Å². The molecule has 3 fully saturated rings. The van der Waals surface area contributed by atoms with E-state index in [2.05, 4.69) is 44.7 Å². The number of hydrogen-bond donors (Lipinski definition) is 2. The van der Waals surface area contributed by atoms with Gasteiger partial charge in [-0.2, -0.15) is 0 Å². The van der Waals surface area contributed by atoms with Crippen LogP contribution in [0.15, 0.2) is 23.8 Å². The number of nitrogens with zero attached hydrogens (tertiary/aromatic N) is 1. The lowest BCUT2D eigenvalue weighted by Gasteiger charge is -2.30. The Bertz CT molecular complexity index is 567. The van der Waals surface area contributed by atoms with Crippen molar-refractivity contribution in [2.75, 3.05) is 6.54 Å². The van der Waals surface area contributed by atoms with Crippen molar-refractivity contribution in [1.82, 2.24) is 4.90 Å². The Balaban J connectivity index is 1.44. The van der Waals surface area contributed by atoms with Gasteiger partial charge in [0.1, 0.15) is 0 Å². The molecule has 3 saturated carbocycles. The molecule has 0 amide bonds. The largest absolute Gasteiger partial charge is 0.392 e. The predicted molar refractivity (Wildman–Crippen MR) is 126 cm³/mol. The molecular weight excluding hydrogens is 370 g/mol. The molecular formula is C27H47NO2. The lowest BCUT2D eigenvalue weighted by Crippen LogP contribution is -2.37. The third-order valence-electron chi connectivity index (χ3n) is 8.15. The first kappa shape index (κ1) is 24.0. The Hall–Kier alpha value is -0.640. The zero-order valence-electron chi connectivity index (χ0n) is 20.0. The highest BCUT2D eigenvalue weighted by molar-refractivity contribution is 5.18. The van der Waals surface area contributed by atoms with Gasteiger partial charge in [0.2, 0.25) is 0 Å². The van der Waals surface area contributed by atoms with Crippen LogP contribution in [-0.2, 0) is 0 Å². The maximum Gasteiger partial charge on any atom is 0.0749 e. The maximum absolute atomic E-state index is 10.6. The Kier molecular flexibility index (Phi) is 9.04. The Morgan fingerprint density at radius 2 is 1.73 bits per heavy atom. The van der Waals surface area contributed by atoms with Gasteiger partial charge < -0.3 is 10.2 Å². The number of aliphatic hydroxyl groups is 2. The molecule has 0 bridgehead atoms. The quantitative estimate of drug-likeness (QED) is 0.353. The number of hydrogen-bond acceptors (Lipinski definition) is 3. The second-order valence-corrected chi connectivity index (χ2v) is 10.9. The van der Waals surface area contributed by atoms with Gasteiger partial charge in [-0.05, 0) is 103 Å². The van der Waals surface area contributed by atoms with Crippen LogP contribution in [0.25, 0.3) is 0 Å². The van der Waals surface area contributed by atoms with E-state index in [1.54, 1.807) is 5.57 Å². The zero-order valence-corrected chi connectivity index (χ0v) is 20.0. The molecule has 2 N–H and O–H groups in total. The first-order valence-corrected chi connectivity index (χ1v) is 12.8. The zero-order chi connectivity index (χ0) is 21.7. The standard InChI is InChI=1S/C27H47NO2/c1-19(2)28(20(3)4)15-9-5-6-10-21-16-23-18-27(30)24(25(23)17-21)13-14-26(29)22-11-7-8-12-22/h10,13-14,19-20,22-27,29-30H,5-9,11-12,15-18H2,1-4H3/b14-13+,21-10+/t23-,24+,25-,26+,27+/m0/s1. The number of aliphatic hydroxyl groups excluding tert-OH is 2. The van der Waals surface area contributed by atoms with Crippen LogP contribution in [0.1, 0.15) is 91.9 Å². The topological polar surface area (TPSA) is 43.7 Å². The number of rotatable bonds is 10. The van der Waals surface area contributed by atoms with Gasteiger partial charge >= 0.3 is 0 Å². The number of fused-ring (bicyclic) bond motifs is 1. The molecule has 3 nitrogen and oxygen atoms in total. The van der Waals surface area contributed by atoms with Crippen LogP contribution in [0.5, 0.6) is 0 Å². The molecule has 3 heteroatoms.